The number of piperidine rings is 1. The van der Waals surface area contributed by atoms with E-state index >= 15 is 8.78 Å². The van der Waals surface area contributed by atoms with Gasteiger partial charge in [-0.25, -0.2) is 31.9 Å². The molecule has 10 heterocycles. The number of halogens is 4. The molecule has 3 aromatic rings. The van der Waals surface area contributed by atoms with Gasteiger partial charge in [-0.3, -0.25) is 57.4 Å². The van der Waals surface area contributed by atoms with Gasteiger partial charge < -0.3 is 85.5 Å². The van der Waals surface area contributed by atoms with E-state index in [1.807, 2.05) is 122 Å². The lowest BCUT2D eigenvalue weighted by atomic mass is 9.92. The number of terminal acetylenes is 1. The third kappa shape index (κ3) is 15.8. The number of aromatic amines is 3. The number of rotatable bonds is 14. The number of alkyl halides is 4. The standard InChI is InChI=1S/C21H37FN2O7Si2.C21H35FN2O7Si2.C12H14FNO6.C9H11FN2O6/c2*1-12(2)32(13(3)4)28-11-21(22)18(30-33(31-32,14(5)6)15(7)8)17(26)19(29-21)24-10-9-16(25)23-20(24)27;1-2-11(19)9(18)12(13,6-15)20-10(11)14-4-3-7(16)5-8(14)17;10-9(3-13)6(16)5(15)7(18-9)12-2-1-4(14)11-8(12)17/h9-10,12-15,17-19,26H,11H2,1-8H3,(H,23,25,27);9-10,12-15,18-19H,11H2,1-8H3,(H,23,25,27);1,9-10,15,18-19H,3-6H2;1-2,5-7,13,15-16H,3H2,(H,11,14,17)/t17-,18+,19-,21-;18-,19+,21+;9-,10+,11+,12+;5-,6+,7-,9-/m1001/s1. The van der Waals surface area contributed by atoms with E-state index in [4.69, 9.17) is 56.8 Å². The van der Waals surface area contributed by atoms with Gasteiger partial charge in [0.25, 0.3) is 40.1 Å². The molecular weight excluding hydrogens is 1460 g/mol. The number of aliphatic hydroxyl groups excluding tert-OH is 6. The molecule has 7 aliphatic rings. The zero-order valence-electron chi connectivity index (χ0n) is 60.6. The lowest BCUT2D eigenvalue weighted by Gasteiger charge is -2.52. The average molecular weight is 1560 g/mol. The number of ether oxygens (including phenoxy) is 4. The fraction of sp³-hybridized carbons (Fsp3) is 0.730. The molecule has 0 unspecified atom stereocenters. The van der Waals surface area contributed by atoms with Crippen LogP contribution in [0.1, 0.15) is 142 Å². The van der Waals surface area contributed by atoms with Crippen molar-refractivity contribution in [1.29, 1.82) is 0 Å². The highest BCUT2D eigenvalue weighted by molar-refractivity contribution is 6.84. The van der Waals surface area contributed by atoms with Gasteiger partial charge in [-0.05, 0) is 44.3 Å². The van der Waals surface area contributed by atoms with E-state index in [0.717, 1.165) is 44.6 Å². The first-order chi connectivity index (χ1) is 48.1. The predicted octanol–water partition coefficient (Wildman–Crippen LogP) is 1.67. The SMILES string of the molecule is C#C[C@]1(O)[C@H](N2CCC(=O)CC2=O)O[C@](F)(CO)[C@H]1O.CC(C)[Si]1(C(C)C)OC[C@@]2(F)O[C@@H](n3ccc(=O)[nH]c3=O)C(=O)[C@@H]2O[Si](C(C)C)(C(C)C)O1.CC(C)[Si]1(C(C)C)OC[C@@]2(F)O[C@@H](n3ccc(=O)[nH]c3=O)[C@H](O)[C@@H]2O[Si](C(C)C)(C(C)C)O1.O=c1ccn([C@@H]2O[C@](F)(CO)[C@@H](O)[C@H]2O)c(=O)[nH]1. The summed E-state index contributed by atoms with van der Waals surface area (Å²) in [7, 11) is -12.5. The summed E-state index contributed by atoms with van der Waals surface area (Å²) in [6, 6.07) is 3.15. The number of aliphatic hydroxyl groups is 7. The summed E-state index contributed by atoms with van der Waals surface area (Å²) < 4.78 is 124. The highest BCUT2D eigenvalue weighted by Crippen LogP contribution is 2.54. The number of carbonyl (C=O) groups is 3. The Kier molecular flexibility index (Phi) is 26.2. The molecule has 33 nitrogen and oxygen atoms in total. The summed E-state index contributed by atoms with van der Waals surface area (Å²) >= 11 is 0. The van der Waals surface area contributed by atoms with Crippen LogP contribution in [0, 0.1) is 12.3 Å². The number of carbonyl (C=O) groups excluding carboxylic acids is 3. The average Bonchev–Trinajstić information content (AvgIpc) is 1.47. The summed E-state index contributed by atoms with van der Waals surface area (Å²) in [6.07, 6.45) is -8.76. The Morgan fingerprint density at radius 1 is 0.548 bits per heavy atom. The number of nitrogens with zero attached hydrogens (tertiary/aromatic N) is 4. The number of ketones is 2. The zero-order chi connectivity index (χ0) is 78.5. The summed E-state index contributed by atoms with van der Waals surface area (Å²) in [4.78, 5) is 113. The van der Waals surface area contributed by atoms with Gasteiger partial charge in [0.05, 0.1) is 19.6 Å². The molecule has 0 aromatic carbocycles. The Bertz CT molecular complexity index is 3970. The van der Waals surface area contributed by atoms with E-state index in [-0.39, 0.29) is 63.1 Å². The first-order valence-corrected chi connectivity index (χ1v) is 41.9. The van der Waals surface area contributed by atoms with Crippen LogP contribution >= 0.6 is 0 Å². The minimum atomic E-state index is -3.26. The number of fused-ring (bicyclic) bond motifs is 2. The maximum absolute atomic E-state index is 16.5. The Labute approximate surface area is 598 Å². The number of hydrogen-bond acceptors (Lipinski definition) is 26. The molecule has 7 aliphatic heterocycles. The van der Waals surface area contributed by atoms with Gasteiger partial charge in [0.2, 0.25) is 23.5 Å². The molecule has 10 rings (SSSR count). The van der Waals surface area contributed by atoms with E-state index in [1.165, 1.54) is 6.20 Å². The van der Waals surface area contributed by atoms with Crippen LogP contribution in [0.2, 0.25) is 44.3 Å². The van der Waals surface area contributed by atoms with Gasteiger partial charge in [-0.15, -0.1) is 6.42 Å². The third-order valence-electron chi connectivity index (χ3n) is 19.7. The van der Waals surface area contributed by atoms with Crippen molar-refractivity contribution in [2.24, 2.45) is 0 Å². The molecule has 10 N–H and O–H groups in total. The first kappa shape index (κ1) is 85.6. The Morgan fingerprint density at radius 2 is 0.952 bits per heavy atom. The van der Waals surface area contributed by atoms with E-state index in [0.29, 0.717) is 4.57 Å². The van der Waals surface area contributed by atoms with Crippen molar-refractivity contribution in [3.05, 3.63) is 99.3 Å². The molecule has 0 saturated carbocycles. The summed E-state index contributed by atoms with van der Waals surface area (Å²) in [6.45, 7) is 28.3. The van der Waals surface area contributed by atoms with E-state index in [9.17, 15) is 77.5 Å². The second-order valence-corrected chi connectivity index (χ2v) is 46.9. The maximum atomic E-state index is 16.5. The van der Waals surface area contributed by atoms with Gasteiger partial charge in [0.1, 0.15) is 43.4 Å². The van der Waals surface area contributed by atoms with E-state index in [2.05, 4.69) is 14.7 Å². The molecule has 15 atom stereocenters. The number of hydrogen-bond donors (Lipinski definition) is 10. The first-order valence-electron chi connectivity index (χ1n) is 34.0. The molecule has 7 saturated heterocycles. The van der Waals surface area contributed by atoms with Crippen LogP contribution in [-0.2, 0) is 59.3 Å². The normalized spacial score (nSPS) is 33.7. The van der Waals surface area contributed by atoms with E-state index < -0.39 is 203 Å². The van der Waals surface area contributed by atoms with Gasteiger partial charge in [0, 0.05) is 49.8 Å². The molecule has 41 heteroatoms. The third-order valence-corrected chi connectivity index (χ3v) is 40.1. The molecule has 0 bridgehead atoms. The summed E-state index contributed by atoms with van der Waals surface area (Å²) in [5, 5.41) is 67.8. The van der Waals surface area contributed by atoms with Crippen molar-refractivity contribution in [1.82, 2.24) is 33.6 Å². The van der Waals surface area contributed by atoms with Crippen LogP contribution in [0.25, 0.3) is 0 Å². The monoisotopic (exact) mass is 1560 g/mol. The number of Topliss-reactive ketones (excluding diaryl/α,β-unsaturated/α-hetero) is 2. The molecule has 0 radical (unpaired) electrons. The highest BCUT2D eigenvalue weighted by Gasteiger charge is 2.70. The Balaban J connectivity index is 0.000000200. The van der Waals surface area contributed by atoms with Crippen LogP contribution in [0.3, 0.4) is 0 Å². The highest BCUT2D eigenvalue weighted by atomic mass is 28.5. The van der Waals surface area contributed by atoms with Crippen LogP contribution in [0.4, 0.5) is 17.6 Å². The Hall–Kier alpha value is -5.68. The fourth-order valence-electron chi connectivity index (χ4n) is 13.9. The van der Waals surface area contributed by atoms with Crippen molar-refractivity contribution < 1.29 is 113 Å². The van der Waals surface area contributed by atoms with Crippen molar-refractivity contribution in [2.75, 3.05) is 33.0 Å². The molecule has 3 aromatic heterocycles. The molecule has 104 heavy (non-hydrogen) atoms. The van der Waals surface area contributed by atoms with Crippen molar-refractivity contribution >= 4 is 51.7 Å². The lowest BCUT2D eigenvalue weighted by Crippen LogP contribution is -2.67. The number of nitrogens with one attached hydrogen (secondary N) is 3. The van der Waals surface area contributed by atoms with Gasteiger partial charge in [-0.1, -0.05) is 117 Å². The van der Waals surface area contributed by atoms with Gasteiger partial charge in [0.15, 0.2) is 30.9 Å². The molecule has 0 aliphatic carbocycles. The minimum Gasteiger partial charge on any atom is -0.414 e. The quantitative estimate of drug-likeness (QED) is 0.0475. The number of likely N-dealkylation sites (tertiary alicyclic amines) is 1. The van der Waals surface area contributed by atoms with Crippen LogP contribution < -0.4 is 33.7 Å². The molecule has 584 valence electrons. The zero-order valence-corrected chi connectivity index (χ0v) is 64.6. The van der Waals surface area contributed by atoms with Gasteiger partial charge in [-0.2, -0.15) is 0 Å². The summed E-state index contributed by atoms with van der Waals surface area (Å²) in [5.41, 5.74) is -7.42. The number of aromatic nitrogens is 6. The Morgan fingerprint density at radius 3 is 1.34 bits per heavy atom. The number of amides is 1. The number of H-pyrrole nitrogens is 3. The van der Waals surface area contributed by atoms with Gasteiger partial charge >= 0.3 is 51.3 Å². The fourth-order valence-corrected chi connectivity index (χ4v) is 36.3. The largest absolute Gasteiger partial charge is 0.414 e. The topological polar surface area (TPSA) is 453 Å². The van der Waals surface area contributed by atoms with Crippen molar-refractivity contribution in [3.8, 4) is 12.3 Å². The molecule has 1 amide bonds. The minimum absolute atomic E-state index is 0.00886. The maximum Gasteiger partial charge on any atom is 0.335 e. The molecule has 0 spiro atoms. The predicted molar refractivity (Wildman–Crippen MR) is 365 cm³/mol. The van der Waals surface area contributed by atoms with E-state index in [1.54, 1.807) is 0 Å². The molecule has 7 fully saturated rings. The smallest absolute Gasteiger partial charge is 0.335 e. The lowest BCUT2D eigenvalue weighted by molar-refractivity contribution is -0.218. The molecular formula is C63H97F4N7O26Si4. The van der Waals surface area contributed by atoms with Crippen LogP contribution in [0.15, 0.2) is 65.6 Å². The van der Waals surface area contributed by atoms with Crippen molar-refractivity contribution in [3.63, 3.8) is 0 Å². The van der Waals surface area contributed by atoms with Crippen LogP contribution in [0.5, 0.6) is 0 Å². The van der Waals surface area contributed by atoms with Crippen molar-refractivity contribution in [2.45, 2.75) is 259 Å². The second-order valence-electron chi connectivity index (χ2n) is 29.2. The summed E-state index contributed by atoms with van der Waals surface area (Å²) in [5.74, 6) is -10.9. The second kappa shape index (κ2) is 31.9. The van der Waals surface area contributed by atoms with Crippen LogP contribution in [-0.4, -0.2) is 226 Å².